The maximum atomic E-state index is 11.0. The van der Waals surface area contributed by atoms with Crippen molar-refractivity contribution in [2.45, 2.75) is 13.5 Å². The predicted molar refractivity (Wildman–Crippen MR) is 92.8 cm³/mol. The number of carbonyl (C=O) groups excluding carboxylic acids is 1. The van der Waals surface area contributed by atoms with Gasteiger partial charge in [0.05, 0.1) is 0 Å². The molecule has 122 valence electrons. The van der Waals surface area contributed by atoms with Gasteiger partial charge in [-0.1, -0.05) is 34.9 Å². The number of nitrogens with zero attached hydrogens (tertiary/aromatic N) is 2. The molecule has 1 heterocycles. The lowest BCUT2D eigenvalue weighted by atomic mass is 10.2. The Morgan fingerprint density at radius 1 is 1.12 bits per heavy atom. The summed E-state index contributed by atoms with van der Waals surface area (Å²) in [7, 11) is 0. The number of hydrogen-bond donors (Lipinski definition) is 2. The number of carbonyl (C=O) groups is 1. The average Bonchev–Trinajstić information content (AvgIpc) is 3.03. The molecule has 3 aromatic rings. The van der Waals surface area contributed by atoms with Crippen molar-refractivity contribution in [3.05, 3.63) is 59.1 Å². The summed E-state index contributed by atoms with van der Waals surface area (Å²) in [5.74, 6) is 0.276. The first-order valence-corrected chi connectivity index (χ1v) is 7.68. The Balaban J connectivity index is 1.67. The summed E-state index contributed by atoms with van der Waals surface area (Å²) in [6.45, 7) is 1.95. The Kier molecular flexibility index (Phi) is 4.77. The largest absolute Gasteiger partial charge is 0.403 e. The summed E-state index contributed by atoms with van der Waals surface area (Å²) in [4.78, 5) is 11.0. The molecular formula is C17H15ClN4O2. The van der Waals surface area contributed by atoms with Crippen LogP contribution in [0.1, 0.15) is 12.5 Å². The van der Waals surface area contributed by atoms with Crippen molar-refractivity contribution in [3.8, 4) is 11.5 Å². The van der Waals surface area contributed by atoms with Crippen molar-refractivity contribution in [2.75, 3.05) is 10.6 Å². The summed E-state index contributed by atoms with van der Waals surface area (Å²) in [5.41, 5.74) is 2.42. The molecule has 1 aromatic heterocycles. The standard InChI is InChI=1S/C17H15ClN4O2/c1-11(23)20-14-8-6-12(7-9-14)16-21-22-17(24-16)19-10-13-4-2-3-5-15(13)18/h2-9H,10H2,1H3,(H,19,22)(H,20,23). The number of halogens is 1. The zero-order valence-corrected chi connectivity index (χ0v) is 13.7. The van der Waals surface area contributed by atoms with Gasteiger partial charge in [0.25, 0.3) is 0 Å². The van der Waals surface area contributed by atoms with E-state index in [4.69, 9.17) is 16.0 Å². The molecule has 0 saturated heterocycles. The first kappa shape index (κ1) is 16.0. The molecule has 0 saturated carbocycles. The van der Waals surface area contributed by atoms with Gasteiger partial charge >= 0.3 is 6.01 Å². The van der Waals surface area contributed by atoms with E-state index in [0.717, 1.165) is 11.1 Å². The highest BCUT2D eigenvalue weighted by Gasteiger charge is 2.09. The lowest BCUT2D eigenvalue weighted by molar-refractivity contribution is -0.114. The van der Waals surface area contributed by atoms with E-state index < -0.39 is 0 Å². The molecule has 2 aromatic carbocycles. The maximum absolute atomic E-state index is 11.0. The Morgan fingerprint density at radius 3 is 2.58 bits per heavy atom. The number of nitrogens with one attached hydrogen (secondary N) is 2. The van der Waals surface area contributed by atoms with Crippen LogP contribution in [0.2, 0.25) is 5.02 Å². The highest BCUT2D eigenvalue weighted by atomic mass is 35.5. The zero-order valence-electron chi connectivity index (χ0n) is 12.9. The van der Waals surface area contributed by atoms with Crippen molar-refractivity contribution in [3.63, 3.8) is 0 Å². The Bertz CT molecular complexity index is 846. The number of amides is 1. The summed E-state index contributed by atoms with van der Waals surface area (Å²) in [6.07, 6.45) is 0. The van der Waals surface area contributed by atoms with Crippen LogP contribution < -0.4 is 10.6 Å². The molecule has 0 spiro atoms. The van der Waals surface area contributed by atoms with Crippen molar-refractivity contribution < 1.29 is 9.21 Å². The van der Waals surface area contributed by atoms with Crippen LogP contribution in [0, 0.1) is 0 Å². The van der Waals surface area contributed by atoms with Gasteiger partial charge in [-0.3, -0.25) is 4.79 Å². The number of benzene rings is 2. The van der Waals surface area contributed by atoms with E-state index in [0.29, 0.717) is 29.2 Å². The van der Waals surface area contributed by atoms with E-state index in [1.54, 1.807) is 24.3 Å². The molecule has 7 heteroatoms. The van der Waals surface area contributed by atoms with E-state index in [1.165, 1.54) is 6.92 Å². The third kappa shape index (κ3) is 3.91. The van der Waals surface area contributed by atoms with Gasteiger partial charge in [0.1, 0.15) is 0 Å². The number of anilines is 2. The smallest absolute Gasteiger partial charge is 0.316 e. The van der Waals surface area contributed by atoms with Crippen molar-refractivity contribution >= 4 is 29.2 Å². The lowest BCUT2D eigenvalue weighted by Crippen LogP contribution is -2.05. The first-order chi connectivity index (χ1) is 11.6. The fourth-order valence-corrected chi connectivity index (χ4v) is 2.33. The molecule has 24 heavy (non-hydrogen) atoms. The highest BCUT2D eigenvalue weighted by Crippen LogP contribution is 2.22. The monoisotopic (exact) mass is 342 g/mol. The second-order valence-corrected chi connectivity index (χ2v) is 5.52. The molecule has 3 rings (SSSR count). The Hall–Kier alpha value is -2.86. The Labute approximate surface area is 143 Å². The minimum Gasteiger partial charge on any atom is -0.403 e. The average molecular weight is 343 g/mol. The third-order valence-corrected chi connectivity index (χ3v) is 3.63. The van der Waals surface area contributed by atoms with Gasteiger partial charge in [0.2, 0.25) is 11.8 Å². The normalized spacial score (nSPS) is 10.4. The molecule has 0 aliphatic carbocycles. The lowest BCUT2D eigenvalue weighted by Gasteiger charge is -2.03. The number of rotatable bonds is 5. The van der Waals surface area contributed by atoms with Gasteiger partial charge in [0, 0.05) is 29.7 Å². The van der Waals surface area contributed by atoms with Crippen LogP contribution >= 0.6 is 11.6 Å². The molecule has 0 fully saturated rings. The van der Waals surface area contributed by atoms with E-state index in [9.17, 15) is 4.79 Å². The molecule has 0 bridgehead atoms. The summed E-state index contributed by atoms with van der Waals surface area (Å²) in [6, 6.07) is 15.0. The van der Waals surface area contributed by atoms with E-state index in [-0.39, 0.29) is 5.91 Å². The van der Waals surface area contributed by atoms with Crippen LogP contribution in [0.15, 0.2) is 52.9 Å². The van der Waals surface area contributed by atoms with Crippen LogP contribution in [-0.4, -0.2) is 16.1 Å². The predicted octanol–water partition coefficient (Wildman–Crippen LogP) is 3.96. The summed E-state index contributed by atoms with van der Waals surface area (Å²) >= 11 is 6.11. The van der Waals surface area contributed by atoms with Crippen molar-refractivity contribution in [2.24, 2.45) is 0 Å². The van der Waals surface area contributed by atoms with Crippen LogP contribution in [0.5, 0.6) is 0 Å². The topological polar surface area (TPSA) is 80.0 Å². The molecule has 0 unspecified atom stereocenters. The second kappa shape index (κ2) is 7.14. The van der Waals surface area contributed by atoms with Gasteiger partial charge in [-0.2, -0.15) is 0 Å². The molecule has 2 N–H and O–H groups in total. The van der Waals surface area contributed by atoms with E-state index >= 15 is 0 Å². The van der Waals surface area contributed by atoms with Gasteiger partial charge in [0.15, 0.2) is 0 Å². The summed E-state index contributed by atoms with van der Waals surface area (Å²) in [5, 5.41) is 14.4. The first-order valence-electron chi connectivity index (χ1n) is 7.30. The van der Waals surface area contributed by atoms with Crippen LogP contribution in [0.25, 0.3) is 11.5 Å². The van der Waals surface area contributed by atoms with Gasteiger partial charge in [-0.25, -0.2) is 0 Å². The fourth-order valence-electron chi connectivity index (χ4n) is 2.12. The van der Waals surface area contributed by atoms with Gasteiger partial charge in [-0.05, 0) is 35.9 Å². The molecule has 0 aliphatic rings. The molecule has 1 amide bonds. The van der Waals surface area contributed by atoms with Crippen LogP contribution in [0.4, 0.5) is 11.7 Å². The SMILES string of the molecule is CC(=O)Nc1ccc(-c2nnc(NCc3ccccc3Cl)o2)cc1. The van der Waals surface area contributed by atoms with Gasteiger partial charge < -0.3 is 15.1 Å². The minimum absolute atomic E-state index is 0.119. The van der Waals surface area contributed by atoms with Crippen LogP contribution in [-0.2, 0) is 11.3 Å². The molecule has 0 aliphatic heterocycles. The maximum Gasteiger partial charge on any atom is 0.316 e. The number of hydrogen-bond acceptors (Lipinski definition) is 5. The van der Waals surface area contributed by atoms with Crippen LogP contribution in [0.3, 0.4) is 0 Å². The molecular weight excluding hydrogens is 328 g/mol. The Morgan fingerprint density at radius 2 is 1.88 bits per heavy atom. The molecule has 6 nitrogen and oxygen atoms in total. The third-order valence-electron chi connectivity index (χ3n) is 3.27. The second-order valence-electron chi connectivity index (χ2n) is 5.12. The van der Waals surface area contributed by atoms with E-state index in [1.807, 2.05) is 24.3 Å². The molecule has 0 atom stereocenters. The van der Waals surface area contributed by atoms with Crippen molar-refractivity contribution in [1.82, 2.24) is 10.2 Å². The number of aromatic nitrogens is 2. The summed E-state index contributed by atoms with van der Waals surface area (Å²) < 4.78 is 5.59. The molecule has 0 radical (unpaired) electrons. The van der Waals surface area contributed by atoms with Gasteiger partial charge in [-0.15, -0.1) is 5.10 Å². The quantitative estimate of drug-likeness (QED) is 0.733. The highest BCUT2D eigenvalue weighted by molar-refractivity contribution is 6.31. The van der Waals surface area contributed by atoms with E-state index in [2.05, 4.69) is 20.8 Å². The fraction of sp³-hybridized carbons (Fsp3) is 0.118. The minimum atomic E-state index is -0.119. The van der Waals surface area contributed by atoms with Crippen molar-refractivity contribution in [1.29, 1.82) is 0 Å². The zero-order chi connectivity index (χ0) is 16.9.